The highest BCUT2D eigenvalue weighted by Crippen LogP contribution is 2.23. The zero-order valence-electron chi connectivity index (χ0n) is 16.5. The smallest absolute Gasteiger partial charge is 0.343 e. The van der Waals surface area contributed by atoms with E-state index in [9.17, 15) is 9.59 Å². The van der Waals surface area contributed by atoms with Crippen molar-refractivity contribution < 1.29 is 19.1 Å². The minimum Gasteiger partial charge on any atom is -0.484 e. The SMILES string of the molecule is Cc1ccc(OCC(=O)N/N=C/c2cc(Br)ccc2OC(=O)c2ccc(Cl)cc2)cc1. The number of amides is 1. The molecule has 0 fully saturated rings. The fourth-order valence-electron chi connectivity index (χ4n) is 2.45. The summed E-state index contributed by atoms with van der Waals surface area (Å²) in [5.41, 5.74) is 4.34. The van der Waals surface area contributed by atoms with Crippen LogP contribution in [0.25, 0.3) is 0 Å². The summed E-state index contributed by atoms with van der Waals surface area (Å²) in [5.74, 6) is -0.0825. The Morgan fingerprint density at radius 3 is 2.48 bits per heavy atom. The molecule has 0 saturated heterocycles. The Bertz CT molecular complexity index is 1100. The van der Waals surface area contributed by atoms with Crippen molar-refractivity contribution in [1.82, 2.24) is 5.43 Å². The summed E-state index contributed by atoms with van der Waals surface area (Å²) in [5, 5.41) is 4.45. The van der Waals surface area contributed by atoms with Crippen LogP contribution in [0.2, 0.25) is 5.02 Å². The van der Waals surface area contributed by atoms with E-state index in [1.54, 1.807) is 54.6 Å². The average Bonchev–Trinajstić information content (AvgIpc) is 2.75. The van der Waals surface area contributed by atoms with Crippen molar-refractivity contribution in [2.45, 2.75) is 6.92 Å². The maximum atomic E-state index is 12.4. The van der Waals surface area contributed by atoms with Gasteiger partial charge in [0.05, 0.1) is 11.8 Å². The Labute approximate surface area is 193 Å². The molecule has 0 saturated carbocycles. The first-order chi connectivity index (χ1) is 14.9. The van der Waals surface area contributed by atoms with E-state index in [1.807, 2.05) is 19.1 Å². The Hall–Kier alpha value is -3.16. The van der Waals surface area contributed by atoms with Crippen molar-refractivity contribution in [3.8, 4) is 11.5 Å². The van der Waals surface area contributed by atoms with Crippen LogP contribution in [-0.4, -0.2) is 24.7 Å². The topological polar surface area (TPSA) is 77.0 Å². The molecule has 8 heteroatoms. The second-order valence-corrected chi connectivity index (χ2v) is 7.83. The number of carbonyl (C=O) groups excluding carboxylic acids is 2. The third kappa shape index (κ3) is 6.94. The van der Waals surface area contributed by atoms with Crippen molar-refractivity contribution in [3.63, 3.8) is 0 Å². The van der Waals surface area contributed by atoms with Crippen LogP contribution < -0.4 is 14.9 Å². The van der Waals surface area contributed by atoms with Crippen LogP contribution in [0.4, 0.5) is 0 Å². The van der Waals surface area contributed by atoms with Gasteiger partial charge in [-0.05, 0) is 61.5 Å². The first kappa shape index (κ1) is 22.5. The Balaban J connectivity index is 1.61. The molecule has 0 aromatic heterocycles. The lowest BCUT2D eigenvalue weighted by molar-refractivity contribution is -0.123. The zero-order chi connectivity index (χ0) is 22.2. The van der Waals surface area contributed by atoms with E-state index in [4.69, 9.17) is 21.1 Å². The lowest BCUT2D eigenvalue weighted by Crippen LogP contribution is -2.24. The molecule has 0 aliphatic rings. The maximum absolute atomic E-state index is 12.4. The van der Waals surface area contributed by atoms with Crippen LogP contribution in [0.15, 0.2) is 76.3 Å². The zero-order valence-corrected chi connectivity index (χ0v) is 18.8. The van der Waals surface area contributed by atoms with Crippen LogP contribution in [0.3, 0.4) is 0 Å². The van der Waals surface area contributed by atoms with Gasteiger partial charge in [0.25, 0.3) is 5.91 Å². The van der Waals surface area contributed by atoms with Gasteiger partial charge in [-0.25, -0.2) is 10.2 Å². The number of halogens is 2. The number of carbonyl (C=O) groups is 2. The molecular weight excluding hydrogens is 484 g/mol. The van der Waals surface area contributed by atoms with E-state index in [2.05, 4.69) is 26.5 Å². The van der Waals surface area contributed by atoms with Gasteiger partial charge in [-0.2, -0.15) is 5.10 Å². The van der Waals surface area contributed by atoms with Crippen LogP contribution >= 0.6 is 27.5 Å². The minimum atomic E-state index is -0.538. The number of hydrogen-bond donors (Lipinski definition) is 1. The highest BCUT2D eigenvalue weighted by molar-refractivity contribution is 9.10. The molecule has 0 radical (unpaired) electrons. The van der Waals surface area contributed by atoms with Crippen LogP contribution in [0, 0.1) is 6.92 Å². The number of nitrogens with one attached hydrogen (secondary N) is 1. The van der Waals surface area contributed by atoms with Crippen molar-refractivity contribution in [2.75, 3.05) is 6.61 Å². The number of benzene rings is 3. The predicted molar refractivity (Wildman–Crippen MR) is 123 cm³/mol. The number of aryl methyl sites for hydroxylation is 1. The number of rotatable bonds is 7. The molecule has 31 heavy (non-hydrogen) atoms. The predicted octanol–water partition coefficient (Wildman–Crippen LogP) is 5.16. The highest BCUT2D eigenvalue weighted by Gasteiger charge is 2.12. The van der Waals surface area contributed by atoms with Gasteiger partial charge in [0.1, 0.15) is 11.5 Å². The van der Waals surface area contributed by atoms with Crippen molar-refractivity contribution in [2.24, 2.45) is 5.10 Å². The Kier molecular flexibility index (Phi) is 7.81. The van der Waals surface area contributed by atoms with E-state index in [0.29, 0.717) is 21.9 Å². The van der Waals surface area contributed by atoms with Gasteiger partial charge in [0, 0.05) is 15.1 Å². The molecule has 0 atom stereocenters. The van der Waals surface area contributed by atoms with Crippen LogP contribution in [0.1, 0.15) is 21.5 Å². The molecule has 6 nitrogen and oxygen atoms in total. The second-order valence-electron chi connectivity index (χ2n) is 6.47. The quantitative estimate of drug-likeness (QED) is 0.210. The van der Waals surface area contributed by atoms with Gasteiger partial charge in [-0.1, -0.05) is 45.2 Å². The van der Waals surface area contributed by atoms with Gasteiger partial charge in [0.2, 0.25) is 0 Å². The van der Waals surface area contributed by atoms with Crippen LogP contribution in [0.5, 0.6) is 11.5 Å². The molecule has 3 aromatic carbocycles. The molecular formula is C23H18BrClN2O4. The number of hydrazone groups is 1. The molecule has 0 aliphatic heterocycles. The first-order valence-electron chi connectivity index (χ1n) is 9.19. The van der Waals surface area contributed by atoms with Gasteiger partial charge in [0.15, 0.2) is 6.61 Å². The summed E-state index contributed by atoms with van der Waals surface area (Å²) in [6.07, 6.45) is 1.39. The molecule has 0 spiro atoms. The van der Waals surface area contributed by atoms with Crippen molar-refractivity contribution in [3.05, 3.63) is 92.9 Å². The molecule has 0 unspecified atom stereocenters. The van der Waals surface area contributed by atoms with Crippen molar-refractivity contribution >= 4 is 45.6 Å². The Morgan fingerprint density at radius 2 is 1.77 bits per heavy atom. The molecule has 158 valence electrons. The monoisotopic (exact) mass is 500 g/mol. The summed E-state index contributed by atoms with van der Waals surface area (Å²) in [6, 6.07) is 18.8. The summed E-state index contributed by atoms with van der Waals surface area (Å²) < 4.78 is 11.6. The van der Waals surface area contributed by atoms with E-state index < -0.39 is 11.9 Å². The fraction of sp³-hybridized carbons (Fsp3) is 0.0870. The fourth-order valence-corrected chi connectivity index (χ4v) is 2.95. The summed E-state index contributed by atoms with van der Waals surface area (Å²) in [4.78, 5) is 24.3. The highest BCUT2D eigenvalue weighted by atomic mass is 79.9. The normalized spacial score (nSPS) is 10.7. The summed E-state index contributed by atoms with van der Waals surface area (Å²) >= 11 is 9.22. The second kappa shape index (κ2) is 10.7. The third-order valence-corrected chi connectivity index (χ3v) is 4.78. The summed E-state index contributed by atoms with van der Waals surface area (Å²) in [6.45, 7) is 1.78. The number of nitrogens with zero attached hydrogens (tertiary/aromatic N) is 1. The molecule has 3 rings (SSSR count). The van der Waals surface area contributed by atoms with Gasteiger partial charge in [-0.3, -0.25) is 4.79 Å². The molecule has 0 aliphatic carbocycles. The molecule has 0 heterocycles. The minimum absolute atomic E-state index is 0.183. The average molecular weight is 502 g/mol. The lowest BCUT2D eigenvalue weighted by atomic mass is 10.2. The van der Waals surface area contributed by atoms with E-state index >= 15 is 0 Å². The van der Waals surface area contributed by atoms with E-state index in [0.717, 1.165) is 10.0 Å². The standard InChI is InChI=1S/C23H18BrClN2O4/c1-15-2-9-20(10-3-15)30-14-22(28)27-26-13-17-12-18(24)6-11-21(17)31-23(29)16-4-7-19(25)8-5-16/h2-13H,14H2,1H3,(H,27,28)/b26-13+. The first-order valence-corrected chi connectivity index (χ1v) is 10.4. The van der Waals surface area contributed by atoms with Gasteiger partial charge in [-0.15, -0.1) is 0 Å². The van der Waals surface area contributed by atoms with E-state index in [-0.39, 0.29) is 12.4 Å². The largest absolute Gasteiger partial charge is 0.484 e. The molecule has 0 bridgehead atoms. The van der Waals surface area contributed by atoms with E-state index in [1.165, 1.54) is 6.21 Å². The maximum Gasteiger partial charge on any atom is 0.343 e. The summed E-state index contributed by atoms with van der Waals surface area (Å²) in [7, 11) is 0. The third-order valence-electron chi connectivity index (χ3n) is 4.04. The number of esters is 1. The van der Waals surface area contributed by atoms with Crippen LogP contribution in [-0.2, 0) is 4.79 Å². The Morgan fingerprint density at radius 1 is 1.06 bits per heavy atom. The number of hydrogen-bond acceptors (Lipinski definition) is 5. The molecule has 1 amide bonds. The molecule has 1 N–H and O–H groups in total. The lowest BCUT2D eigenvalue weighted by Gasteiger charge is -2.08. The van der Waals surface area contributed by atoms with Gasteiger partial charge >= 0.3 is 5.97 Å². The molecule has 3 aromatic rings. The van der Waals surface area contributed by atoms with Crippen molar-refractivity contribution in [1.29, 1.82) is 0 Å². The number of ether oxygens (including phenoxy) is 2. The van der Waals surface area contributed by atoms with Gasteiger partial charge < -0.3 is 9.47 Å².